The number of hydrogen-bond donors (Lipinski definition) is 2. The van der Waals surface area contributed by atoms with Crippen LogP contribution >= 0.6 is 0 Å². The van der Waals surface area contributed by atoms with E-state index in [0.29, 0.717) is 0 Å². The number of carboxylic acid groups (broad SMARTS) is 1. The number of amides is 2. The minimum Gasteiger partial charge on any atom is -0.480 e. The topological polar surface area (TPSA) is 72.9 Å². The van der Waals surface area contributed by atoms with Crippen LogP contribution in [0.1, 0.15) is 19.8 Å². The maximum Gasteiger partial charge on any atom is 0.323 e. The Morgan fingerprint density at radius 1 is 1.58 bits per heavy atom. The van der Waals surface area contributed by atoms with Crippen LogP contribution in [0.15, 0.2) is 0 Å². The van der Waals surface area contributed by atoms with Gasteiger partial charge in [0.05, 0.1) is 6.54 Å². The highest BCUT2D eigenvalue weighted by atomic mass is 16.4. The van der Waals surface area contributed by atoms with E-state index < -0.39 is 12.0 Å². The zero-order valence-corrected chi connectivity index (χ0v) is 11.3. The second-order valence-corrected chi connectivity index (χ2v) is 4.64. The fourth-order valence-electron chi connectivity index (χ4n) is 2.20. The molecular formula is C13H21N3O3. The van der Waals surface area contributed by atoms with Crippen LogP contribution in [0, 0.1) is 12.3 Å². The average Bonchev–Trinajstić information content (AvgIpc) is 2.38. The summed E-state index contributed by atoms with van der Waals surface area (Å²) in [6.45, 7) is 4.52. The standard InChI is InChI=1S/C13H21N3O3/c1-3-7-16(10-12(17)18)13(19)14-11-6-5-8-15(4-2)9-11/h1,11H,4-10H2,2H3,(H,14,19)(H,17,18). The molecule has 0 radical (unpaired) electrons. The van der Waals surface area contributed by atoms with Gasteiger partial charge in [0.1, 0.15) is 6.54 Å². The molecule has 1 atom stereocenters. The van der Waals surface area contributed by atoms with Crippen molar-refractivity contribution in [1.82, 2.24) is 15.1 Å². The lowest BCUT2D eigenvalue weighted by Crippen LogP contribution is -2.52. The zero-order chi connectivity index (χ0) is 14.3. The van der Waals surface area contributed by atoms with Gasteiger partial charge in [0, 0.05) is 12.6 Å². The van der Waals surface area contributed by atoms with Gasteiger partial charge in [0.15, 0.2) is 0 Å². The van der Waals surface area contributed by atoms with Crippen molar-refractivity contribution in [1.29, 1.82) is 0 Å². The van der Waals surface area contributed by atoms with Crippen molar-refractivity contribution in [3.8, 4) is 12.3 Å². The Morgan fingerprint density at radius 2 is 2.32 bits per heavy atom. The van der Waals surface area contributed by atoms with Crippen LogP contribution < -0.4 is 5.32 Å². The zero-order valence-electron chi connectivity index (χ0n) is 11.3. The molecule has 106 valence electrons. The number of aliphatic carboxylic acids is 1. The van der Waals surface area contributed by atoms with Crippen LogP contribution in [0.3, 0.4) is 0 Å². The predicted octanol–water partition coefficient (Wildman–Crippen LogP) is 0.200. The van der Waals surface area contributed by atoms with Crippen LogP contribution in [0.25, 0.3) is 0 Å². The second-order valence-electron chi connectivity index (χ2n) is 4.64. The number of rotatable bonds is 5. The molecule has 1 fully saturated rings. The summed E-state index contributed by atoms with van der Waals surface area (Å²) < 4.78 is 0. The Morgan fingerprint density at radius 3 is 2.89 bits per heavy atom. The summed E-state index contributed by atoms with van der Waals surface area (Å²) in [5, 5.41) is 11.6. The minimum atomic E-state index is -1.07. The number of carbonyl (C=O) groups excluding carboxylic acids is 1. The third-order valence-electron chi connectivity index (χ3n) is 3.18. The number of piperidine rings is 1. The molecular weight excluding hydrogens is 246 g/mol. The first-order valence-electron chi connectivity index (χ1n) is 6.49. The summed E-state index contributed by atoms with van der Waals surface area (Å²) in [7, 11) is 0. The molecule has 0 aromatic carbocycles. The first kappa shape index (κ1) is 15.3. The highest BCUT2D eigenvalue weighted by molar-refractivity contribution is 5.80. The van der Waals surface area contributed by atoms with E-state index in [1.54, 1.807) is 0 Å². The Labute approximate surface area is 113 Å². The fraction of sp³-hybridized carbons (Fsp3) is 0.692. The number of terminal acetylenes is 1. The van der Waals surface area contributed by atoms with Gasteiger partial charge in [-0.05, 0) is 25.9 Å². The summed E-state index contributed by atoms with van der Waals surface area (Å²) in [5.41, 5.74) is 0. The van der Waals surface area contributed by atoms with E-state index in [4.69, 9.17) is 11.5 Å². The van der Waals surface area contributed by atoms with E-state index in [-0.39, 0.29) is 19.1 Å². The van der Waals surface area contributed by atoms with Gasteiger partial charge in [-0.25, -0.2) is 4.79 Å². The number of urea groups is 1. The lowest BCUT2D eigenvalue weighted by Gasteiger charge is -2.33. The summed E-state index contributed by atoms with van der Waals surface area (Å²) in [6, 6.07) is -0.335. The third kappa shape index (κ3) is 5.18. The molecule has 2 N–H and O–H groups in total. The van der Waals surface area contributed by atoms with E-state index in [9.17, 15) is 9.59 Å². The molecule has 1 rings (SSSR count). The molecule has 19 heavy (non-hydrogen) atoms. The highest BCUT2D eigenvalue weighted by Gasteiger charge is 2.23. The molecule has 6 nitrogen and oxygen atoms in total. The SMILES string of the molecule is C#CCN(CC(=O)O)C(=O)NC1CCCN(CC)C1. The van der Waals surface area contributed by atoms with Gasteiger partial charge in [-0.2, -0.15) is 0 Å². The Kier molecular flexibility index (Phi) is 6.16. The quantitative estimate of drug-likeness (QED) is 0.698. The summed E-state index contributed by atoms with van der Waals surface area (Å²) in [5.74, 6) is 1.24. The van der Waals surface area contributed by atoms with E-state index >= 15 is 0 Å². The van der Waals surface area contributed by atoms with Gasteiger partial charge in [-0.15, -0.1) is 6.42 Å². The molecule has 1 unspecified atom stereocenters. The van der Waals surface area contributed by atoms with Crippen LogP contribution in [0.5, 0.6) is 0 Å². The molecule has 0 spiro atoms. The monoisotopic (exact) mass is 267 g/mol. The molecule has 0 saturated carbocycles. The maximum absolute atomic E-state index is 12.0. The minimum absolute atomic E-state index is 0.00233. The summed E-state index contributed by atoms with van der Waals surface area (Å²) >= 11 is 0. The van der Waals surface area contributed by atoms with E-state index in [1.807, 2.05) is 0 Å². The van der Waals surface area contributed by atoms with Gasteiger partial charge in [-0.3, -0.25) is 4.79 Å². The largest absolute Gasteiger partial charge is 0.480 e. The number of hydrogen-bond acceptors (Lipinski definition) is 3. The number of nitrogens with one attached hydrogen (secondary N) is 1. The van der Waals surface area contributed by atoms with Gasteiger partial charge in [0.25, 0.3) is 0 Å². The number of nitrogens with zero attached hydrogens (tertiary/aromatic N) is 2. The molecule has 2 amide bonds. The number of carbonyl (C=O) groups is 2. The Balaban J connectivity index is 2.51. The smallest absolute Gasteiger partial charge is 0.323 e. The number of likely N-dealkylation sites (N-methyl/N-ethyl adjacent to an activating group) is 1. The van der Waals surface area contributed by atoms with Crippen molar-refractivity contribution < 1.29 is 14.7 Å². The van der Waals surface area contributed by atoms with Crippen molar-refractivity contribution in [2.45, 2.75) is 25.8 Å². The number of carboxylic acids is 1. The summed E-state index contributed by atoms with van der Waals surface area (Å²) in [4.78, 5) is 26.0. The third-order valence-corrected chi connectivity index (χ3v) is 3.18. The predicted molar refractivity (Wildman–Crippen MR) is 71.7 cm³/mol. The van der Waals surface area contributed by atoms with E-state index in [2.05, 4.69) is 23.1 Å². The molecule has 0 aromatic heterocycles. The average molecular weight is 267 g/mol. The first-order valence-corrected chi connectivity index (χ1v) is 6.49. The highest BCUT2D eigenvalue weighted by Crippen LogP contribution is 2.09. The van der Waals surface area contributed by atoms with Crippen molar-refractivity contribution in [2.75, 3.05) is 32.7 Å². The molecule has 1 aliphatic rings. The fourth-order valence-corrected chi connectivity index (χ4v) is 2.20. The van der Waals surface area contributed by atoms with Gasteiger partial charge in [0.2, 0.25) is 0 Å². The van der Waals surface area contributed by atoms with Crippen LogP contribution in [-0.2, 0) is 4.79 Å². The van der Waals surface area contributed by atoms with Crippen LogP contribution in [-0.4, -0.2) is 65.7 Å². The van der Waals surface area contributed by atoms with Crippen molar-refractivity contribution in [3.05, 3.63) is 0 Å². The van der Waals surface area contributed by atoms with Crippen LogP contribution in [0.2, 0.25) is 0 Å². The molecule has 0 aliphatic carbocycles. The summed E-state index contributed by atoms with van der Waals surface area (Å²) in [6.07, 6.45) is 7.10. The second kappa shape index (κ2) is 7.64. The first-order chi connectivity index (χ1) is 9.06. The lowest BCUT2D eigenvalue weighted by atomic mass is 10.1. The molecule has 6 heteroatoms. The van der Waals surface area contributed by atoms with Gasteiger partial charge < -0.3 is 20.2 Å². The Hall–Kier alpha value is -1.74. The van der Waals surface area contributed by atoms with Gasteiger partial charge >= 0.3 is 12.0 Å². The molecule has 0 bridgehead atoms. The van der Waals surface area contributed by atoms with Crippen molar-refractivity contribution in [2.24, 2.45) is 0 Å². The molecule has 1 heterocycles. The van der Waals surface area contributed by atoms with E-state index in [0.717, 1.165) is 37.4 Å². The molecule has 0 aromatic rings. The maximum atomic E-state index is 12.0. The number of likely N-dealkylation sites (tertiary alicyclic amines) is 1. The normalized spacial score (nSPS) is 19.5. The lowest BCUT2D eigenvalue weighted by molar-refractivity contribution is -0.137. The van der Waals surface area contributed by atoms with Crippen LogP contribution in [0.4, 0.5) is 4.79 Å². The van der Waals surface area contributed by atoms with Crippen molar-refractivity contribution >= 4 is 12.0 Å². The van der Waals surface area contributed by atoms with E-state index in [1.165, 1.54) is 0 Å². The molecule has 1 saturated heterocycles. The van der Waals surface area contributed by atoms with Crippen molar-refractivity contribution in [3.63, 3.8) is 0 Å². The van der Waals surface area contributed by atoms with Gasteiger partial charge in [-0.1, -0.05) is 12.8 Å². The molecule has 1 aliphatic heterocycles. The Bertz CT molecular complexity index is 365.